The van der Waals surface area contributed by atoms with Crippen molar-refractivity contribution in [3.05, 3.63) is 16.3 Å². The highest BCUT2D eigenvalue weighted by atomic mass is 32.2. The monoisotopic (exact) mass is 388 g/mol. The number of rotatable bonds is 3. The molecule has 2 fully saturated rings. The molecule has 0 saturated carbocycles. The van der Waals surface area contributed by atoms with Gasteiger partial charge in [0.2, 0.25) is 10.0 Å². The van der Waals surface area contributed by atoms with Crippen LogP contribution in [0.3, 0.4) is 0 Å². The second-order valence-corrected chi connectivity index (χ2v) is 9.09. The Morgan fingerprint density at radius 1 is 1.36 bits per heavy atom. The van der Waals surface area contributed by atoms with Crippen molar-refractivity contribution in [3.8, 4) is 0 Å². The van der Waals surface area contributed by atoms with E-state index in [0.29, 0.717) is 32.4 Å². The number of sulfonamides is 1. The third-order valence-corrected chi connectivity index (χ3v) is 7.58. The van der Waals surface area contributed by atoms with Crippen molar-refractivity contribution in [2.45, 2.75) is 29.8 Å². The summed E-state index contributed by atoms with van der Waals surface area (Å²) in [6.07, 6.45) is 1.25. The maximum atomic E-state index is 13.0. The maximum absolute atomic E-state index is 13.0. The van der Waals surface area contributed by atoms with Gasteiger partial charge in [0, 0.05) is 26.6 Å². The van der Waals surface area contributed by atoms with E-state index in [0.717, 1.165) is 11.3 Å². The Morgan fingerprint density at radius 2 is 2.12 bits per heavy atom. The number of hydrogen-bond donors (Lipinski definition) is 0. The molecule has 3 heterocycles. The van der Waals surface area contributed by atoms with Gasteiger partial charge in [-0.1, -0.05) is 0 Å². The van der Waals surface area contributed by atoms with Crippen LogP contribution in [0, 0.1) is 0 Å². The number of carbonyl (C=O) groups excluding carboxylic acids is 2. The van der Waals surface area contributed by atoms with Crippen LogP contribution in [0.1, 0.15) is 28.9 Å². The zero-order valence-electron chi connectivity index (χ0n) is 14.1. The fourth-order valence-corrected chi connectivity index (χ4v) is 6.10. The van der Waals surface area contributed by atoms with Crippen molar-refractivity contribution in [2.75, 3.05) is 33.8 Å². The quantitative estimate of drug-likeness (QED) is 0.729. The van der Waals surface area contributed by atoms with Gasteiger partial charge in [0.15, 0.2) is 0 Å². The number of nitrogens with zero attached hydrogens (tertiary/aromatic N) is 2. The summed E-state index contributed by atoms with van der Waals surface area (Å²) in [6, 6.07) is 1.43. The first-order valence-corrected chi connectivity index (χ1v) is 10.2. The van der Waals surface area contributed by atoms with Crippen LogP contribution in [-0.4, -0.2) is 69.1 Å². The summed E-state index contributed by atoms with van der Waals surface area (Å²) in [4.78, 5) is 25.1. The van der Waals surface area contributed by atoms with Gasteiger partial charge in [-0.2, -0.15) is 4.31 Å². The number of hydrogen-bond acceptors (Lipinski definition) is 7. The fraction of sp³-hybridized carbons (Fsp3) is 0.600. The SMILES string of the molecule is COC(=O)c1sccc1S(=O)(=O)N1CCC[C@]2(CC1)CN(C)C(=O)O2. The molecule has 10 heteroatoms. The lowest BCUT2D eigenvalue weighted by molar-refractivity contribution is 0.0459. The first-order valence-electron chi connectivity index (χ1n) is 7.89. The molecule has 8 nitrogen and oxygen atoms in total. The molecule has 3 rings (SSSR count). The highest BCUT2D eigenvalue weighted by Gasteiger charge is 2.45. The van der Waals surface area contributed by atoms with Crippen LogP contribution in [-0.2, 0) is 19.5 Å². The van der Waals surface area contributed by atoms with Crippen LogP contribution >= 0.6 is 11.3 Å². The summed E-state index contributed by atoms with van der Waals surface area (Å²) < 4.78 is 37.5. The number of methoxy groups -OCH3 is 1. The molecule has 1 aromatic rings. The molecule has 1 atom stereocenters. The van der Waals surface area contributed by atoms with Crippen molar-refractivity contribution < 1.29 is 27.5 Å². The van der Waals surface area contributed by atoms with E-state index in [2.05, 4.69) is 4.74 Å². The Hall–Kier alpha value is -1.65. The number of esters is 1. The van der Waals surface area contributed by atoms with Crippen LogP contribution < -0.4 is 0 Å². The second-order valence-electron chi connectivity index (χ2n) is 6.27. The van der Waals surface area contributed by atoms with Crippen LogP contribution in [0.5, 0.6) is 0 Å². The average Bonchev–Trinajstić information content (AvgIpc) is 3.09. The standard InChI is InChI=1S/C15H20N2O6S2/c1-16-10-15(23-14(16)19)5-3-7-17(8-6-15)25(20,21)11-4-9-24-12(11)13(18)22-2/h4,9H,3,5-8,10H2,1-2H3/t15-/m0/s1. The van der Waals surface area contributed by atoms with E-state index in [9.17, 15) is 18.0 Å². The van der Waals surface area contributed by atoms with Gasteiger partial charge in [-0.25, -0.2) is 18.0 Å². The number of ether oxygens (including phenoxy) is 2. The Bertz CT molecular complexity index is 790. The lowest BCUT2D eigenvalue weighted by atomic mass is 9.95. The molecule has 0 aromatic carbocycles. The summed E-state index contributed by atoms with van der Waals surface area (Å²) in [5, 5.41) is 1.56. The highest BCUT2D eigenvalue weighted by Crippen LogP contribution is 2.35. The van der Waals surface area contributed by atoms with Gasteiger partial charge in [-0.15, -0.1) is 11.3 Å². The zero-order valence-corrected chi connectivity index (χ0v) is 15.7. The minimum atomic E-state index is -3.81. The third-order valence-electron chi connectivity index (χ3n) is 4.62. The largest absolute Gasteiger partial charge is 0.465 e. The Morgan fingerprint density at radius 3 is 2.76 bits per heavy atom. The Balaban J connectivity index is 1.82. The molecule has 0 radical (unpaired) electrons. The summed E-state index contributed by atoms with van der Waals surface area (Å²) in [6.45, 7) is 1.02. The van der Waals surface area contributed by atoms with E-state index in [-0.39, 0.29) is 22.4 Å². The average molecular weight is 388 g/mol. The van der Waals surface area contributed by atoms with Crippen molar-refractivity contribution in [2.24, 2.45) is 0 Å². The van der Waals surface area contributed by atoms with E-state index in [4.69, 9.17) is 4.74 Å². The van der Waals surface area contributed by atoms with E-state index in [1.165, 1.54) is 22.4 Å². The minimum Gasteiger partial charge on any atom is -0.465 e. The molecule has 0 aliphatic carbocycles. The van der Waals surface area contributed by atoms with E-state index >= 15 is 0 Å². The number of carbonyl (C=O) groups is 2. The highest BCUT2D eigenvalue weighted by molar-refractivity contribution is 7.89. The molecule has 0 N–H and O–H groups in total. The van der Waals surface area contributed by atoms with Crippen molar-refractivity contribution in [1.82, 2.24) is 9.21 Å². The Kier molecular flexibility index (Phi) is 4.78. The minimum absolute atomic E-state index is 0.0270. The molecule has 1 spiro atoms. The summed E-state index contributed by atoms with van der Waals surface area (Å²) in [5.74, 6) is -0.661. The van der Waals surface area contributed by atoms with Gasteiger partial charge < -0.3 is 14.4 Å². The van der Waals surface area contributed by atoms with Gasteiger partial charge in [0.1, 0.15) is 15.4 Å². The number of likely N-dealkylation sites (N-methyl/N-ethyl adjacent to an activating group) is 1. The van der Waals surface area contributed by atoms with Gasteiger partial charge in [0.25, 0.3) is 0 Å². The van der Waals surface area contributed by atoms with Crippen LogP contribution in [0.15, 0.2) is 16.3 Å². The summed E-state index contributed by atoms with van der Waals surface area (Å²) >= 11 is 1.04. The molecule has 25 heavy (non-hydrogen) atoms. The second kappa shape index (κ2) is 6.58. The van der Waals surface area contributed by atoms with Crippen molar-refractivity contribution in [1.29, 1.82) is 0 Å². The first kappa shape index (κ1) is 18.2. The first-order chi connectivity index (χ1) is 11.8. The van der Waals surface area contributed by atoms with Gasteiger partial charge in [0.05, 0.1) is 13.7 Å². The van der Waals surface area contributed by atoms with Crippen LogP contribution in [0.4, 0.5) is 4.79 Å². The van der Waals surface area contributed by atoms with E-state index in [1.54, 1.807) is 12.4 Å². The molecular weight excluding hydrogens is 368 g/mol. The fourth-order valence-electron chi connectivity index (χ4n) is 3.32. The lowest BCUT2D eigenvalue weighted by Crippen LogP contribution is -2.37. The zero-order chi connectivity index (χ0) is 18.2. The molecule has 0 unspecified atom stereocenters. The molecule has 1 aromatic heterocycles. The van der Waals surface area contributed by atoms with Gasteiger partial charge in [-0.05, 0) is 24.3 Å². The molecular formula is C15H20N2O6S2. The van der Waals surface area contributed by atoms with Crippen molar-refractivity contribution >= 4 is 33.4 Å². The molecule has 2 aliphatic rings. The summed E-state index contributed by atoms with van der Waals surface area (Å²) in [7, 11) is -0.920. The maximum Gasteiger partial charge on any atom is 0.410 e. The molecule has 0 bridgehead atoms. The number of amides is 1. The van der Waals surface area contributed by atoms with E-state index < -0.39 is 21.6 Å². The lowest BCUT2D eigenvalue weighted by Gasteiger charge is -2.25. The molecule has 138 valence electrons. The normalized spacial score (nSPS) is 25.0. The van der Waals surface area contributed by atoms with Crippen molar-refractivity contribution in [3.63, 3.8) is 0 Å². The number of thiophene rings is 1. The van der Waals surface area contributed by atoms with Gasteiger partial charge >= 0.3 is 12.1 Å². The summed E-state index contributed by atoms with van der Waals surface area (Å²) in [5.41, 5.74) is -0.629. The molecule has 1 amide bonds. The molecule has 2 aliphatic heterocycles. The smallest absolute Gasteiger partial charge is 0.410 e. The molecule has 2 saturated heterocycles. The third kappa shape index (κ3) is 3.25. The van der Waals surface area contributed by atoms with E-state index in [1.807, 2.05) is 0 Å². The predicted molar refractivity (Wildman–Crippen MR) is 90.1 cm³/mol. The van der Waals surface area contributed by atoms with Gasteiger partial charge in [-0.3, -0.25) is 0 Å². The van der Waals surface area contributed by atoms with Crippen LogP contribution in [0.2, 0.25) is 0 Å². The van der Waals surface area contributed by atoms with Crippen LogP contribution in [0.25, 0.3) is 0 Å². The topological polar surface area (TPSA) is 93.2 Å². The Labute approximate surface area is 150 Å². The predicted octanol–water partition coefficient (Wildman–Crippen LogP) is 1.53.